The molecule has 2 N–H and O–H groups in total. The Labute approximate surface area is 227 Å². The summed E-state index contributed by atoms with van der Waals surface area (Å²) in [6, 6.07) is 8.98. The first-order valence-corrected chi connectivity index (χ1v) is 15.3. The molecular weight excluding hydrogens is 460 g/mol. The third-order valence-electron chi connectivity index (χ3n) is 6.86. The number of rotatable bonds is 23. The van der Waals surface area contributed by atoms with Crippen molar-refractivity contribution in [2.75, 3.05) is 6.54 Å². The van der Waals surface area contributed by atoms with E-state index in [0.29, 0.717) is 18.9 Å². The van der Waals surface area contributed by atoms with E-state index in [1.165, 1.54) is 89.9 Å². The molecule has 0 aromatic heterocycles. The van der Waals surface area contributed by atoms with Crippen molar-refractivity contribution in [1.29, 1.82) is 0 Å². The SMILES string of the molecule is CCCCCCCCCCCCCCCCCCNC(=O)[C@H](CC(C)C)NC(=O)OCc1ccccc1. The van der Waals surface area contributed by atoms with E-state index in [2.05, 4.69) is 17.6 Å². The van der Waals surface area contributed by atoms with E-state index in [9.17, 15) is 9.59 Å². The maximum atomic E-state index is 12.7. The number of ether oxygens (including phenoxy) is 1. The van der Waals surface area contributed by atoms with Crippen LogP contribution in [0, 0.1) is 5.92 Å². The van der Waals surface area contributed by atoms with Crippen molar-refractivity contribution in [3.05, 3.63) is 35.9 Å². The Bertz CT molecular complexity index is 678. The van der Waals surface area contributed by atoms with Gasteiger partial charge in [-0.1, -0.05) is 147 Å². The predicted octanol–water partition coefficient (Wildman–Crippen LogP) is 8.71. The summed E-state index contributed by atoms with van der Waals surface area (Å²) in [5.41, 5.74) is 0.922. The summed E-state index contributed by atoms with van der Waals surface area (Å²) >= 11 is 0. The van der Waals surface area contributed by atoms with E-state index in [1.54, 1.807) is 0 Å². The molecule has 0 aliphatic carbocycles. The van der Waals surface area contributed by atoms with Crippen LogP contribution < -0.4 is 10.6 Å². The van der Waals surface area contributed by atoms with Crippen molar-refractivity contribution in [2.24, 2.45) is 5.92 Å². The van der Waals surface area contributed by atoms with Gasteiger partial charge in [0.25, 0.3) is 0 Å². The van der Waals surface area contributed by atoms with Crippen molar-refractivity contribution in [1.82, 2.24) is 10.6 Å². The molecule has 2 amide bonds. The van der Waals surface area contributed by atoms with Gasteiger partial charge >= 0.3 is 6.09 Å². The highest BCUT2D eigenvalue weighted by Crippen LogP contribution is 2.14. The van der Waals surface area contributed by atoms with Crippen LogP contribution in [0.5, 0.6) is 0 Å². The maximum absolute atomic E-state index is 12.7. The van der Waals surface area contributed by atoms with E-state index >= 15 is 0 Å². The highest BCUT2D eigenvalue weighted by atomic mass is 16.5. The number of amides is 2. The molecule has 1 aromatic carbocycles. The Hall–Kier alpha value is -2.04. The zero-order valence-corrected chi connectivity index (χ0v) is 24.2. The molecule has 37 heavy (non-hydrogen) atoms. The summed E-state index contributed by atoms with van der Waals surface area (Å²) < 4.78 is 5.30. The zero-order valence-electron chi connectivity index (χ0n) is 24.2. The lowest BCUT2D eigenvalue weighted by Gasteiger charge is -2.20. The molecule has 0 heterocycles. The number of benzene rings is 1. The minimum atomic E-state index is -0.565. The molecule has 1 atom stereocenters. The van der Waals surface area contributed by atoms with Gasteiger partial charge in [-0.05, 0) is 24.3 Å². The Balaban J connectivity index is 2.03. The van der Waals surface area contributed by atoms with Gasteiger partial charge in [0.15, 0.2) is 0 Å². The smallest absolute Gasteiger partial charge is 0.408 e. The summed E-state index contributed by atoms with van der Waals surface area (Å²) in [6.07, 6.45) is 21.4. The fourth-order valence-electron chi connectivity index (χ4n) is 4.62. The monoisotopic (exact) mass is 516 g/mol. The second-order valence-corrected chi connectivity index (χ2v) is 11.0. The predicted molar refractivity (Wildman–Crippen MR) is 156 cm³/mol. The fraction of sp³-hybridized carbons (Fsp3) is 0.750. The molecule has 5 heteroatoms. The van der Waals surface area contributed by atoms with E-state index < -0.39 is 12.1 Å². The summed E-state index contributed by atoms with van der Waals surface area (Å²) in [4.78, 5) is 24.9. The highest BCUT2D eigenvalue weighted by molar-refractivity contribution is 5.85. The molecule has 0 bridgehead atoms. The first kappa shape index (κ1) is 33.0. The lowest BCUT2D eigenvalue weighted by atomic mass is 10.0. The van der Waals surface area contributed by atoms with Crippen molar-refractivity contribution < 1.29 is 14.3 Å². The van der Waals surface area contributed by atoms with Crippen LogP contribution in [0.15, 0.2) is 30.3 Å². The Kier molecular flexibility index (Phi) is 20.6. The van der Waals surface area contributed by atoms with Gasteiger partial charge in [0.1, 0.15) is 12.6 Å². The van der Waals surface area contributed by atoms with Crippen LogP contribution in [-0.2, 0) is 16.1 Å². The van der Waals surface area contributed by atoms with E-state index in [4.69, 9.17) is 4.74 Å². The zero-order chi connectivity index (χ0) is 27.0. The minimum absolute atomic E-state index is 0.119. The highest BCUT2D eigenvalue weighted by Gasteiger charge is 2.22. The van der Waals surface area contributed by atoms with Gasteiger partial charge in [-0.3, -0.25) is 4.79 Å². The van der Waals surface area contributed by atoms with Gasteiger partial charge in [-0.25, -0.2) is 4.79 Å². The second kappa shape index (κ2) is 23.1. The fourth-order valence-corrected chi connectivity index (χ4v) is 4.62. The van der Waals surface area contributed by atoms with Crippen LogP contribution in [0.2, 0.25) is 0 Å². The van der Waals surface area contributed by atoms with E-state index in [0.717, 1.165) is 18.4 Å². The minimum Gasteiger partial charge on any atom is -0.445 e. The number of hydrogen-bond donors (Lipinski definition) is 2. The third-order valence-corrected chi connectivity index (χ3v) is 6.86. The number of hydrogen-bond acceptors (Lipinski definition) is 3. The van der Waals surface area contributed by atoms with Gasteiger partial charge in [0.05, 0.1) is 0 Å². The van der Waals surface area contributed by atoms with E-state index in [-0.39, 0.29) is 12.5 Å². The lowest BCUT2D eigenvalue weighted by molar-refractivity contribution is -0.123. The average Bonchev–Trinajstić information content (AvgIpc) is 2.89. The van der Waals surface area contributed by atoms with Gasteiger partial charge in [0.2, 0.25) is 5.91 Å². The van der Waals surface area contributed by atoms with Gasteiger partial charge < -0.3 is 15.4 Å². The standard InChI is InChI=1S/C32H56N2O3/c1-4-5-6-7-8-9-10-11-12-13-14-15-16-17-18-22-25-33-31(35)30(26-28(2)3)34-32(36)37-27-29-23-20-19-21-24-29/h19-21,23-24,28,30H,4-18,22,25-27H2,1-3H3,(H,33,35)(H,34,36)/t30-/m0/s1. The Morgan fingerprint density at radius 2 is 1.22 bits per heavy atom. The number of carbonyl (C=O) groups is 2. The Morgan fingerprint density at radius 3 is 1.70 bits per heavy atom. The number of nitrogens with one attached hydrogen (secondary N) is 2. The molecule has 5 nitrogen and oxygen atoms in total. The second-order valence-electron chi connectivity index (χ2n) is 11.0. The normalized spacial score (nSPS) is 11.9. The van der Waals surface area contributed by atoms with Crippen molar-refractivity contribution in [3.63, 3.8) is 0 Å². The lowest BCUT2D eigenvalue weighted by Crippen LogP contribution is -2.47. The molecule has 0 aliphatic heterocycles. The van der Waals surface area contributed by atoms with Crippen LogP contribution in [0.1, 0.15) is 135 Å². The number of unbranched alkanes of at least 4 members (excludes halogenated alkanes) is 15. The molecular formula is C32H56N2O3. The molecule has 0 fully saturated rings. The summed E-state index contributed by atoms with van der Waals surface area (Å²) in [5, 5.41) is 5.76. The van der Waals surface area contributed by atoms with Crippen LogP contribution in [0.25, 0.3) is 0 Å². The van der Waals surface area contributed by atoms with Crippen molar-refractivity contribution in [2.45, 2.75) is 143 Å². The van der Waals surface area contributed by atoms with Crippen LogP contribution in [-0.4, -0.2) is 24.6 Å². The van der Waals surface area contributed by atoms with Gasteiger partial charge in [0, 0.05) is 6.54 Å². The maximum Gasteiger partial charge on any atom is 0.408 e. The first-order valence-electron chi connectivity index (χ1n) is 15.3. The van der Waals surface area contributed by atoms with E-state index in [1.807, 2.05) is 44.2 Å². The number of alkyl carbamates (subject to hydrolysis) is 1. The van der Waals surface area contributed by atoms with Crippen LogP contribution in [0.4, 0.5) is 4.79 Å². The van der Waals surface area contributed by atoms with Crippen LogP contribution >= 0.6 is 0 Å². The molecule has 1 rings (SSSR count). The third kappa shape index (κ3) is 19.7. The summed E-state index contributed by atoms with van der Waals surface area (Å²) in [6.45, 7) is 7.23. The molecule has 0 saturated carbocycles. The topological polar surface area (TPSA) is 67.4 Å². The molecule has 0 saturated heterocycles. The molecule has 0 unspecified atom stereocenters. The first-order chi connectivity index (χ1) is 18.0. The molecule has 0 radical (unpaired) electrons. The quantitative estimate of drug-likeness (QED) is 0.143. The average molecular weight is 517 g/mol. The number of carbonyl (C=O) groups excluding carboxylic acids is 2. The molecule has 212 valence electrons. The molecule has 1 aromatic rings. The Morgan fingerprint density at radius 1 is 0.730 bits per heavy atom. The summed E-state index contributed by atoms with van der Waals surface area (Å²) in [5.74, 6) is 0.173. The molecule has 0 aliphatic rings. The van der Waals surface area contributed by atoms with Crippen molar-refractivity contribution >= 4 is 12.0 Å². The summed E-state index contributed by atoms with van der Waals surface area (Å²) in [7, 11) is 0. The largest absolute Gasteiger partial charge is 0.445 e. The molecule has 0 spiro atoms. The van der Waals surface area contributed by atoms with Gasteiger partial charge in [-0.15, -0.1) is 0 Å². The van der Waals surface area contributed by atoms with Gasteiger partial charge in [-0.2, -0.15) is 0 Å². The van der Waals surface area contributed by atoms with Crippen LogP contribution in [0.3, 0.4) is 0 Å². The van der Waals surface area contributed by atoms with Crippen molar-refractivity contribution in [3.8, 4) is 0 Å².